The zero-order valence-corrected chi connectivity index (χ0v) is 21.5. The molecule has 5 nitrogen and oxygen atoms in total. The van der Waals surface area contributed by atoms with Gasteiger partial charge in [-0.3, -0.25) is 9.89 Å². The Hall–Kier alpha value is -1.20. The van der Waals surface area contributed by atoms with Crippen LogP contribution in [0.5, 0.6) is 0 Å². The van der Waals surface area contributed by atoms with Gasteiger partial charge in [-0.05, 0) is 71.0 Å². The van der Waals surface area contributed by atoms with Crippen LogP contribution in [0.15, 0.2) is 17.1 Å². The number of carbonyl (C=O) groups excluding carboxylic acids is 1. The second kappa shape index (κ2) is 19.1. The van der Waals surface area contributed by atoms with Crippen molar-refractivity contribution in [2.45, 2.75) is 116 Å². The Balaban J connectivity index is 1.37. The third kappa shape index (κ3) is 13.3. The van der Waals surface area contributed by atoms with Crippen LogP contribution in [-0.4, -0.2) is 67.5 Å². The van der Waals surface area contributed by atoms with E-state index in [1.807, 2.05) is 6.21 Å². The van der Waals surface area contributed by atoms with Crippen LogP contribution in [0, 0.1) is 0 Å². The molecule has 0 N–H and O–H groups in total. The lowest BCUT2D eigenvalue weighted by atomic mass is 10.1. The Morgan fingerprint density at radius 3 is 2.21 bits per heavy atom. The fraction of sp³-hybridized carbons (Fsp3) is 0.857. The van der Waals surface area contributed by atoms with Gasteiger partial charge in [-0.15, -0.1) is 0 Å². The first-order valence-corrected chi connectivity index (χ1v) is 14.1. The van der Waals surface area contributed by atoms with E-state index < -0.39 is 6.17 Å². The molecule has 0 aliphatic carbocycles. The molecule has 1 saturated heterocycles. The number of aliphatic imine (C=N–C) groups is 1. The summed E-state index contributed by atoms with van der Waals surface area (Å²) < 4.78 is 5.53. The molecule has 0 bridgehead atoms. The summed E-state index contributed by atoms with van der Waals surface area (Å²) in [5.41, 5.74) is 0. The van der Waals surface area contributed by atoms with Gasteiger partial charge in [0.25, 0.3) is 0 Å². The summed E-state index contributed by atoms with van der Waals surface area (Å²) in [7, 11) is 0. The molecule has 33 heavy (non-hydrogen) atoms. The Morgan fingerprint density at radius 1 is 0.879 bits per heavy atom. The summed E-state index contributed by atoms with van der Waals surface area (Å²) >= 11 is 0. The zero-order chi connectivity index (χ0) is 23.4. The van der Waals surface area contributed by atoms with Crippen molar-refractivity contribution in [3.63, 3.8) is 0 Å². The summed E-state index contributed by atoms with van der Waals surface area (Å²) in [6.07, 6.45) is 26.6. The lowest BCUT2D eigenvalue weighted by molar-refractivity contribution is -0.149. The molecule has 1 fully saturated rings. The number of carbonyl (C=O) groups is 1. The maximum absolute atomic E-state index is 12.4. The van der Waals surface area contributed by atoms with Crippen molar-refractivity contribution in [1.29, 1.82) is 0 Å². The van der Waals surface area contributed by atoms with Crippen molar-refractivity contribution in [2.24, 2.45) is 4.99 Å². The monoisotopic (exact) mass is 461 g/mol. The molecule has 1 unspecified atom stereocenters. The summed E-state index contributed by atoms with van der Waals surface area (Å²) in [6, 6.07) is 0. The summed E-state index contributed by atoms with van der Waals surface area (Å²) in [5, 5.41) is 0. The minimum Gasteiger partial charge on any atom is -0.463 e. The van der Waals surface area contributed by atoms with E-state index in [-0.39, 0.29) is 5.97 Å². The highest BCUT2D eigenvalue weighted by molar-refractivity contribution is 5.80. The largest absolute Gasteiger partial charge is 0.463 e. The molecular formula is C28H51N3O2. The van der Waals surface area contributed by atoms with Crippen LogP contribution < -0.4 is 0 Å². The average molecular weight is 462 g/mol. The predicted molar refractivity (Wildman–Crippen MR) is 140 cm³/mol. The van der Waals surface area contributed by atoms with E-state index in [1.54, 1.807) is 0 Å². The van der Waals surface area contributed by atoms with Gasteiger partial charge < -0.3 is 9.64 Å². The van der Waals surface area contributed by atoms with Crippen LogP contribution in [0.2, 0.25) is 0 Å². The molecule has 190 valence electrons. The number of hydrogen-bond donors (Lipinski definition) is 0. The van der Waals surface area contributed by atoms with E-state index in [0.717, 1.165) is 38.9 Å². The van der Waals surface area contributed by atoms with Gasteiger partial charge in [-0.1, -0.05) is 70.4 Å². The Bertz CT molecular complexity index is 543. The minimum absolute atomic E-state index is 0.166. The highest BCUT2D eigenvalue weighted by atomic mass is 16.5. The number of nitrogens with zero attached hydrogens (tertiary/aromatic N) is 3. The standard InChI is InChI=1S/C28H51N3O2/c1-2-3-4-5-6-7-8-9-10-11-12-13-14-15-18-26-33-28(32)27-29-20-25-31(27)24-19-23-30-21-16-17-22-30/h9-10,20,27H,2-8,11-19,21-26H2,1H3/b10-9-. The molecule has 2 aliphatic heterocycles. The molecule has 0 aromatic rings. The van der Waals surface area contributed by atoms with Crippen molar-refractivity contribution < 1.29 is 9.53 Å². The number of unbranched alkanes of at least 4 members (excludes halogenated alkanes) is 11. The van der Waals surface area contributed by atoms with Crippen LogP contribution in [-0.2, 0) is 9.53 Å². The number of esters is 1. The molecule has 0 aromatic heterocycles. The van der Waals surface area contributed by atoms with E-state index in [2.05, 4.69) is 33.9 Å². The molecule has 2 rings (SSSR count). The second-order valence-electron chi connectivity index (χ2n) is 9.85. The van der Waals surface area contributed by atoms with E-state index in [0.29, 0.717) is 6.61 Å². The van der Waals surface area contributed by atoms with Gasteiger partial charge in [-0.2, -0.15) is 0 Å². The van der Waals surface area contributed by atoms with Gasteiger partial charge in [0.05, 0.1) is 6.61 Å². The summed E-state index contributed by atoms with van der Waals surface area (Å²) in [6.45, 7) is 8.10. The van der Waals surface area contributed by atoms with Crippen molar-refractivity contribution in [2.75, 3.05) is 39.3 Å². The lowest BCUT2D eigenvalue weighted by Gasteiger charge is -2.23. The second-order valence-corrected chi connectivity index (χ2v) is 9.85. The van der Waals surface area contributed by atoms with Gasteiger partial charge in [0.15, 0.2) is 0 Å². The van der Waals surface area contributed by atoms with Crippen molar-refractivity contribution in [3.8, 4) is 0 Å². The van der Waals surface area contributed by atoms with Crippen LogP contribution in [0.3, 0.4) is 0 Å². The fourth-order valence-electron chi connectivity index (χ4n) is 4.79. The highest BCUT2D eigenvalue weighted by Crippen LogP contribution is 2.13. The highest BCUT2D eigenvalue weighted by Gasteiger charge is 2.29. The lowest BCUT2D eigenvalue weighted by Crippen LogP contribution is -2.39. The van der Waals surface area contributed by atoms with E-state index in [9.17, 15) is 4.79 Å². The summed E-state index contributed by atoms with van der Waals surface area (Å²) in [4.78, 5) is 21.5. The minimum atomic E-state index is -0.410. The average Bonchev–Trinajstić information content (AvgIpc) is 3.51. The molecular weight excluding hydrogens is 410 g/mol. The van der Waals surface area contributed by atoms with Crippen LogP contribution in [0.1, 0.15) is 110 Å². The third-order valence-electron chi connectivity index (χ3n) is 6.89. The van der Waals surface area contributed by atoms with Crippen LogP contribution in [0.25, 0.3) is 0 Å². The quantitative estimate of drug-likeness (QED) is 0.120. The van der Waals surface area contributed by atoms with Gasteiger partial charge in [0.2, 0.25) is 6.17 Å². The maximum atomic E-state index is 12.4. The number of likely N-dealkylation sites (tertiary alicyclic amines) is 1. The zero-order valence-electron chi connectivity index (χ0n) is 21.5. The van der Waals surface area contributed by atoms with Crippen molar-refractivity contribution >= 4 is 12.2 Å². The molecule has 0 spiro atoms. The van der Waals surface area contributed by atoms with Crippen molar-refractivity contribution in [1.82, 2.24) is 9.80 Å². The summed E-state index contributed by atoms with van der Waals surface area (Å²) in [5.74, 6) is -0.166. The molecule has 0 amide bonds. The third-order valence-corrected chi connectivity index (χ3v) is 6.89. The normalized spacial score (nSPS) is 19.2. The topological polar surface area (TPSA) is 45.1 Å². The molecule has 1 atom stereocenters. The predicted octanol–water partition coefficient (Wildman–Crippen LogP) is 6.38. The first-order valence-electron chi connectivity index (χ1n) is 14.1. The molecule has 5 heteroatoms. The smallest absolute Gasteiger partial charge is 0.346 e. The molecule has 2 aliphatic rings. The molecule has 0 saturated carbocycles. The van der Waals surface area contributed by atoms with E-state index in [4.69, 9.17) is 4.74 Å². The van der Waals surface area contributed by atoms with Gasteiger partial charge in [0.1, 0.15) is 0 Å². The van der Waals surface area contributed by atoms with Crippen LogP contribution >= 0.6 is 0 Å². The number of hydrogen-bond acceptors (Lipinski definition) is 5. The number of allylic oxidation sites excluding steroid dienone is 2. The van der Waals surface area contributed by atoms with Gasteiger partial charge >= 0.3 is 5.97 Å². The first kappa shape index (κ1) is 28.0. The van der Waals surface area contributed by atoms with Gasteiger partial charge in [0, 0.05) is 19.3 Å². The van der Waals surface area contributed by atoms with E-state index >= 15 is 0 Å². The molecule has 0 radical (unpaired) electrons. The number of ether oxygens (including phenoxy) is 1. The van der Waals surface area contributed by atoms with E-state index in [1.165, 1.54) is 96.6 Å². The Kier molecular flexibility index (Phi) is 16.3. The SMILES string of the molecule is CCCCCCCC/C=C\CCCCCCCOC(=O)C1N=CCN1CCCN1CCCC1. The fourth-order valence-corrected chi connectivity index (χ4v) is 4.79. The van der Waals surface area contributed by atoms with Crippen molar-refractivity contribution in [3.05, 3.63) is 12.2 Å². The molecule has 2 heterocycles. The first-order chi connectivity index (χ1) is 16.3. The number of rotatable bonds is 20. The van der Waals surface area contributed by atoms with Crippen LogP contribution in [0.4, 0.5) is 0 Å². The Labute approximate surface area is 204 Å². The Morgan fingerprint density at radius 2 is 1.52 bits per heavy atom. The molecule has 0 aromatic carbocycles. The van der Waals surface area contributed by atoms with Gasteiger partial charge in [-0.25, -0.2) is 4.79 Å². The maximum Gasteiger partial charge on any atom is 0.346 e.